The summed E-state index contributed by atoms with van der Waals surface area (Å²) in [5, 5.41) is 3.84. The van der Waals surface area contributed by atoms with Crippen LogP contribution < -0.4 is 10.2 Å². The number of fused-ring (bicyclic) bond motifs is 1. The molecule has 4 heteroatoms. The maximum Gasteiger partial charge on any atom is 0.246 e. The standard InChI is InChI=1S/C17H17ClN2O/c1-12-10-13-4-2-3-5-16(13)20(12)17(21)11-19-15-8-6-14(18)7-9-15/h2-9,12,19H,10-11H2,1H3/t12-/m0/s1. The lowest BCUT2D eigenvalue weighted by atomic mass is 10.1. The van der Waals surface area contributed by atoms with Crippen molar-refractivity contribution in [3.8, 4) is 0 Å². The first kappa shape index (κ1) is 14.0. The number of carbonyl (C=O) groups excluding carboxylic acids is 1. The van der Waals surface area contributed by atoms with Crippen LogP contribution in [-0.2, 0) is 11.2 Å². The van der Waals surface area contributed by atoms with Crippen molar-refractivity contribution in [3.05, 3.63) is 59.1 Å². The Morgan fingerprint density at radius 1 is 1.24 bits per heavy atom. The number of carbonyl (C=O) groups is 1. The molecule has 0 radical (unpaired) electrons. The molecule has 0 aromatic heterocycles. The van der Waals surface area contributed by atoms with E-state index in [-0.39, 0.29) is 18.5 Å². The third kappa shape index (κ3) is 2.88. The molecule has 1 heterocycles. The number of para-hydroxylation sites is 1. The second kappa shape index (κ2) is 5.78. The predicted octanol–water partition coefficient (Wildman–Crippen LogP) is 3.73. The van der Waals surface area contributed by atoms with Crippen LogP contribution in [-0.4, -0.2) is 18.5 Å². The molecule has 108 valence electrons. The number of benzene rings is 2. The minimum absolute atomic E-state index is 0.0856. The van der Waals surface area contributed by atoms with Gasteiger partial charge >= 0.3 is 0 Å². The van der Waals surface area contributed by atoms with Crippen LogP contribution in [0.5, 0.6) is 0 Å². The molecule has 21 heavy (non-hydrogen) atoms. The summed E-state index contributed by atoms with van der Waals surface area (Å²) in [6, 6.07) is 15.7. The molecule has 3 rings (SSSR count). The first-order valence-electron chi connectivity index (χ1n) is 7.04. The summed E-state index contributed by atoms with van der Waals surface area (Å²) in [5.74, 6) is 0.0856. The van der Waals surface area contributed by atoms with Gasteiger partial charge in [0.2, 0.25) is 5.91 Å². The van der Waals surface area contributed by atoms with Gasteiger partial charge in [-0.3, -0.25) is 4.79 Å². The molecule has 2 aromatic rings. The van der Waals surface area contributed by atoms with Gasteiger partial charge in [-0.25, -0.2) is 0 Å². The van der Waals surface area contributed by atoms with Crippen molar-refractivity contribution in [2.24, 2.45) is 0 Å². The fraction of sp³-hybridized carbons (Fsp3) is 0.235. The largest absolute Gasteiger partial charge is 0.376 e. The summed E-state index contributed by atoms with van der Waals surface area (Å²) in [6.07, 6.45) is 0.920. The van der Waals surface area contributed by atoms with Crippen LogP contribution in [0.3, 0.4) is 0 Å². The minimum Gasteiger partial charge on any atom is -0.376 e. The first-order chi connectivity index (χ1) is 10.1. The van der Waals surface area contributed by atoms with E-state index in [0.29, 0.717) is 5.02 Å². The van der Waals surface area contributed by atoms with Gasteiger partial charge in [0.15, 0.2) is 0 Å². The molecule has 0 saturated heterocycles. The van der Waals surface area contributed by atoms with E-state index in [0.717, 1.165) is 17.8 Å². The van der Waals surface area contributed by atoms with E-state index in [1.807, 2.05) is 47.4 Å². The summed E-state index contributed by atoms with van der Waals surface area (Å²) in [4.78, 5) is 14.4. The molecule has 3 nitrogen and oxygen atoms in total. The van der Waals surface area contributed by atoms with Crippen LogP contribution in [0.4, 0.5) is 11.4 Å². The summed E-state index contributed by atoms with van der Waals surface area (Å²) >= 11 is 5.85. The second-order valence-electron chi connectivity index (χ2n) is 5.31. The number of hydrogen-bond donors (Lipinski definition) is 1. The van der Waals surface area contributed by atoms with E-state index in [4.69, 9.17) is 11.6 Å². The Hall–Kier alpha value is -2.00. The van der Waals surface area contributed by atoms with Crippen molar-refractivity contribution in [3.63, 3.8) is 0 Å². The Balaban J connectivity index is 1.70. The fourth-order valence-electron chi connectivity index (χ4n) is 2.78. The smallest absolute Gasteiger partial charge is 0.246 e. The van der Waals surface area contributed by atoms with Crippen molar-refractivity contribution < 1.29 is 4.79 Å². The zero-order valence-electron chi connectivity index (χ0n) is 11.8. The lowest BCUT2D eigenvalue weighted by Crippen LogP contribution is -2.39. The molecule has 0 unspecified atom stereocenters. The summed E-state index contributed by atoms with van der Waals surface area (Å²) in [6.45, 7) is 2.36. The number of hydrogen-bond acceptors (Lipinski definition) is 2. The summed E-state index contributed by atoms with van der Waals surface area (Å²) in [5.41, 5.74) is 3.17. The molecule has 0 saturated carbocycles. The molecular formula is C17H17ClN2O. The molecule has 1 aliphatic rings. The highest BCUT2D eigenvalue weighted by Crippen LogP contribution is 2.31. The molecule has 0 spiro atoms. The van der Waals surface area contributed by atoms with Crippen LogP contribution in [0.2, 0.25) is 5.02 Å². The average molecular weight is 301 g/mol. The predicted molar refractivity (Wildman–Crippen MR) is 87.0 cm³/mol. The zero-order valence-corrected chi connectivity index (χ0v) is 12.6. The number of amides is 1. The molecule has 1 aliphatic heterocycles. The van der Waals surface area contributed by atoms with Gasteiger partial charge in [0.25, 0.3) is 0 Å². The highest BCUT2D eigenvalue weighted by atomic mass is 35.5. The normalized spacial score (nSPS) is 16.7. The van der Waals surface area contributed by atoms with E-state index >= 15 is 0 Å². The molecule has 0 aliphatic carbocycles. The van der Waals surface area contributed by atoms with Crippen LogP contribution in [0.15, 0.2) is 48.5 Å². The van der Waals surface area contributed by atoms with E-state index in [1.165, 1.54) is 5.56 Å². The van der Waals surface area contributed by atoms with Gasteiger partial charge in [0.05, 0.1) is 6.54 Å². The quantitative estimate of drug-likeness (QED) is 0.937. The van der Waals surface area contributed by atoms with Crippen LogP contribution in [0, 0.1) is 0 Å². The number of rotatable bonds is 3. The maximum atomic E-state index is 12.5. The number of nitrogens with zero attached hydrogens (tertiary/aromatic N) is 1. The van der Waals surface area contributed by atoms with E-state index in [1.54, 1.807) is 0 Å². The Kier molecular flexibility index (Phi) is 3.84. The number of anilines is 2. The Morgan fingerprint density at radius 2 is 1.95 bits per heavy atom. The van der Waals surface area contributed by atoms with Gasteiger partial charge in [-0.15, -0.1) is 0 Å². The lowest BCUT2D eigenvalue weighted by molar-refractivity contribution is -0.117. The van der Waals surface area contributed by atoms with Gasteiger partial charge in [0, 0.05) is 22.4 Å². The third-order valence-corrected chi connectivity index (χ3v) is 4.02. The molecule has 1 amide bonds. The number of nitrogens with one attached hydrogen (secondary N) is 1. The monoisotopic (exact) mass is 300 g/mol. The van der Waals surface area contributed by atoms with Crippen LogP contribution >= 0.6 is 11.6 Å². The summed E-state index contributed by atoms with van der Waals surface area (Å²) in [7, 11) is 0. The van der Waals surface area contributed by atoms with Crippen molar-refractivity contribution in [1.82, 2.24) is 0 Å². The van der Waals surface area contributed by atoms with Gasteiger partial charge in [-0.2, -0.15) is 0 Å². The molecule has 2 aromatic carbocycles. The number of halogens is 1. The average Bonchev–Trinajstić information content (AvgIpc) is 2.82. The van der Waals surface area contributed by atoms with Gasteiger partial charge in [0.1, 0.15) is 0 Å². The van der Waals surface area contributed by atoms with Crippen LogP contribution in [0.1, 0.15) is 12.5 Å². The second-order valence-corrected chi connectivity index (χ2v) is 5.74. The van der Waals surface area contributed by atoms with Crippen LogP contribution in [0.25, 0.3) is 0 Å². The molecule has 0 fully saturated rings. The Bertz CT molecular complexity index is 654. The summed E-state index contributed by atoms with van der Waals surface area (Å²) < 4.78 is 0. The van der Waals surface area contributed by atoms with E-state index in [2.05, 4.69) is 18.3 Å². The Morgan fingerprint density at radius 3 is 2.71 bits per heavy atom. The third-order valence-electron chi connectivity index (χ3n) is 3.76. The van der Waals surface area contributed by atoms with E-state index < -0.39 is 0 Å². The molecule has 0 bridgehead atoms. The lowest BCUT2D eigenvalue weighted by Gasteiger charge is -2.23. The van der Waals surface area contributed by atoms with Gasteiger partial charge in [-0.05, 0) is 49.2 Å². The fourth-order valence-corrected chi connectivity index (χ4v) is 2.90. The van der Waals surface area contributed by atoms with Crippen molar-refractivity contribution >= 4 is 28.9 Å². The SMILES string of the molecule is C[C@H]1Cc2ccccc2N1C(=O)CNc1ccc(Cl)cc1. The first-order valence-corrected chi connectivity index (χ1v) is 7.42. The zero-order chi connectivity index (χ0) is 14.8. The highest BCUT2D eigenvalue weighted by Gasteiger charge is 2.29. The van der Waals surface area contributed by atoms with Crippen molar-refractivity contribution in [2.45, 2.75) is 19.4 Å². The van der Waals surface area contributed by atoms with Crippen molar-refractivity contribution in [1.29, 1.82) is 0 Å². The Labute approximate surface area is 129 Å². The topological polar surface area (TPSA) is 32.3 Å². The highest BCUT2D eigenvalue weighted by molar-refractivity contribution is 6.30. The molecular weight excluding hydrogens is 284 g/mol. The molecule has 1 N–H and O–H groups in total. The van der Waals surface area contributed by atoms with Gasteiger partial charge in [-0.1, -0.05) is 29.8 Å². The van der Waals surface area contributed by atoms with E-state index in [9.17, 15) is 4.79 Å². The minimum atomic E-state index is 0.0856. The maximum absolute atomic E-state index is 12.5. The van der Waals surface area contributed by atoms with Gasteiger partial charge < -0.3 is 10.2 Å². The molecule has 1 atom stereocenters. The van der Waals surface area contributed by atoms with Crippen molar-refractivity contribution in [2.75, 3.05) is 16.8 Å².